The predicted molar refractivity (Wildman–Crippen MR) is 107 cm³/mol. The number of hydroxylamine groups is 2. The highest BCUT2D eigenvalue weighted by Gasteiger charge is 2.15. The molecule has 0 saturated carbocycles. The summed E-state index contributed by atoms with van der Waals surface area (Å²) >= 11 is 6.09. The SMILES string of the molecule is COc1ccc(CCN(O)C(=O)c2ccc3cc(C(N)=O)ccc3c2)cc1Cl. The Morgan fingerprint density at radius 2 is 1.68 bits per heavy atom. The van der Waals surface area contributed by atoms with Crippen LogP contribution >= 0.6 is 11.6 Å². The lowest BCUT2D eigenvalue weighted by Gasteiger charge is -2.16. The number of hydrogen-bond donors (Lipinski definition) is 2. The Bertz CT molecular complexity index is 1050. The summed E-state index contributed by atoms with van der Waals surface area (Å²) in [6.45, 7) is 0.111. The van der Waals surface area contributed by atoms with Gasteiger partial charge in [-0.1, -0.05) is 29.8 Å². The van der Waals surface area contributed by atoms with Crippen molar-refractivity contribution < 1.29 is 19.5 Å². The minimum absolute atomic E-state index is 0.111. The van der Waals surface area contributed by atoms with Gasteiger partial charge in [0.05, 0.1) is 18.7 Å². The highest BCUT2D eigenvalue weighted by Crippen LogP contribution is 2.25. The van der Waals surface area contributed by atoms with E-state index in [2.05, 4.69) is 0 Å². The second-order valence-corrected chi connectivity index (χ2v) is 6.70. The molecular weight excluding hydrogens is 380 g/mol. The van der Waals surface area contributed by atoms with Crippen LogP contribution in [0.3, 0.4) is 0 Å². The lowest BCUT2D eigenvalue weighted by molar-refractivity contribution is -0.0571. The first-order valence-corrected chi connectivity index (χ1v) is 8.93. The number of benzene rings is 3. The maximum atomic E-state index is 12.5. The van der Waals surface area contributed by atoms with Gasteiger partial charge in [-0.15, -0.1) is 0 Å². The molecule has 0 aromatic heterocycles. The molecule has 3 N–H and O–H groups in total. The van der Waals surface area contributed by atoms with E-state index in [0.29, 0.717) is 33.4 Å². The van der Waals surface area contributed by atoms with Crippen LogP contribution in [0.2, 0.25) is 5.02 Å². The molecule has 0 bridgehead atoms. The van der Waals surface area contributed by atoms with Crippen LogP contribution in [0, 0.1) is 0 Å². The van der Waals surface area contributed by atoms with Crippen LogP contribution in [0.15, 0.2) is 54.6 Å². The number of halogens is 1. The number of rotatable bonds is 6. The van der Waals surface area contributed by atoms with Crippen LogP contribution in [0.25, 0.3) is 10.8 Å². The normalized spacial score (nSPS) is 10.7. The minimum atomic E-state index is -0.513. The van der Waals surface area contributed by atoms with E-state index in [1.807, 2.05) is 6.07 Å². The molecule has 0 fully saturated rings. The van der Waals surface area contributed by atoms with Crippen LogP contribution < -0.4 is 10.5 Å². The molecule has 0 unspecified atom stereocenters. The first kappa shape index (κ1) is 19.7. The topological polar surface area (TPSA) is 92.9 Å². The zero-order valence-electron chi connectivity index (χ0n) is 15.2. The van der Waals surface area contributed by atoms with Crippen LogP contribution in [-0.4, -0.2) is 35.7 Å². The van der Waals surface area contributed by atoms with Crippen molar-refractivity contribution in [2.75, 3.05) is 13.7 Å². The third-order valence-electron chi connectivity index (χ3n) is 4.43. The molecule has 6 nitrogen and oxygen atoms in total. The fraction of sp³-hybridized carbons (Fsp3) is 0.143. The molecule has 0 aliphatic heterocycles. The van der Waals surface area contributed by atoms with E-state index in [0.717, 1.165) is 16.3 Å². The number of ether oxygens (including phenoxy) is 1. The van der Waals surface area contributed by atoms with Gasteiger partial charge in [0.25, 0.3) is 5.91 Å². The molecule has 0 radical (unpaired) electrons. The summed E-state index contributed by atoms with van der Waals surface area (Å²) in [4.78, 5) is 23.8. The van der Waals surface area contributed by atoms with Crippen molar-refractivity contribution in [2.24, 2.45) is 5.73 Å². The van der Waals surface area contributed by atoms with Crippen LogP contribution in [0.1, 0.15) is 26.3 Å². The van der Waals surface area contributed by atoms with E-state index >= 15 is 0 Å². The second kappa shape index (κ2) is 8.29. The average Bonchev–Trinajstić information content (AvgIpc) is 2.70. The number of amides is 2. The van der Waals surface area contributed by atoms with Crippen molar-refractivity contribution >= 4 is 34.2 Å². The third-order valence-corrected chi connectivity index (χ3v) is 4.73. The number of primary amides is 1. The number of carbonyl (C=O) groups excluding carboxylic acids is 2. The van der Waals surface area contributed by atoms with Crippen molar-refractivity contribution in [3.63, 3.8) is 0 Å². The molecule has 3 rings (SSSR count). The van der Waals surface area contributed by atoms with Gasteiger partial charge in [0.15, 0.2) is 0 Å². The Kier molecular flexibility index (Phi) is 5.82. The number of hydrogen-bond acceptors (Lipinski definition) is 4. The third kappa shape index (κ3) is 4.24. The Labute approximate surface area is 167 Å². The van der Waals surface area contributed by atoms with E-state index in [9.17, 15) is 14.8 Å². The van der Waals surface area contributed by atoms with Crippen molar-refractivity contribution in [3.8, 4) is 5.75 Å². The summed E-state index contributed by atoms with van der Waals surface area (Å²) in [5.41, 5.74) is 6.89. The number of nitrogens with two attached hydrogens (primary N) is 1. The second-order valence-electron chi connectivity index (χ2n) is 6.29. The largest absolute Gasteiger partial charge is 0.495 e. The summed E-state index contributed by atoms with van der Waals surface area (Å²) in [6.07, 6.45) is 0.432. The van der Waals surface area contributed by atoms with E-state index in [1.54, 1.807) is 48.5 Å². The maximum Gasteiger partial charge on any atom is 0.277 e. The first-order valence-electron chi connectivity index (χ1n) is 8.56. The van der Waals surface area contributed by atoms with Crippen LogP contribution in [-0.2, 0) is 6.42 Å². The zero-order valence-corrected chi connectivity index (χ0v) is 15.9. The van der Waals surface area contributed by atoms with Gasteiger partial charge in [-0.25, -0.2) is 5.06 Å². The fourth-order valence-corrected chi connectivity index (χ4v) is 3.16. The average molecular weight is 399 g/mol. The van der Waals surface area contributed by atoms with Gasteiger partial charge in [-0.05, 0) is 59.2 Å². The molecule has 3 aromatic carbocycles. The zero-order chi connectivity index (χ0) is 20.3. The molecule has 0 aliphatic carbocycles. The Balaban J connectivity index is 1.71. The van der Waals surface area contributed by atoms with Crippen molar-refractivity contribution in [1.82, 2.24) is 5.06 Å². The number of methoxy groups -OCH3 is 1. The lowest BCUT2D eigenvalue weighted by atomic mass is 10.0. The van der Waals surface area contributed by atoms with Gasteiger partial charge in [-0.2, -0.15) is 0 Å². The van der Waals surface area contributed by atoms with Crippen molar-refractivity contribution in [3.05, 3.63) is 76.3 Å². The van der Waals surface area contributed by atoms with Crippen molar-refractivity contribution in [1.29, 1.82) is 0 Å². The van der Waals surface area contributed by atoms with Gasteiger partial charge in [-0.3, -0.25) is 14.8 Å². The molecule has 0 aliphatic rings. The summed E-state index contributed by atoms with van der Waals surface area (Å²) < 4.78 is 5.11. The maximum absolute atomic E-state index is 12.5. The number of nitrogens with zero attached hydrogens (tertiary/aromatic N) is 1. The van der Waals surface area contributed by atoms with Gasteiger partial charge >= 0.3 is 0 Å². The minimum Gasteiger partial charge on any atom is -0.495 e. The van der Waals surface area contributed by atoms with E-state index in [-0.39, 0.29) is 6.54 Å². The predicted octanol–water partition coefficient (Wildman–Crippen LogP) is 3.67. The van der Waals surface area contributed by atoms with E-state index in [4.69, 9.17) is 22.1 Å². The molecule has 0 atom stereocenters. The lowest BCUT2D eigenvalue weighted by Crippen LogP contribution is -2.29. The highest BCUT2D eigenvalue weighted by atomic mass is 35.5. The van der Waals surface area contributed by atoms with Crippen LogP contribution in [0.5, 0.6) is 5.75 Å². The first-order chi connectivity index (χ1) is 13.4. The smallest absolute Gasteiger partial charge is 0.277 e. The quantitative estimate of drug-likeness (QED) is 0.489. The standard InChI is InChI=1S/C21H19ClN2O4/c1-28-19-7-2-13(10-18(19)22)8-9-24(27)21(26)17-6-4-14-11-16(20(23)25)5-3-15(14)12-17/h2-7,10-12,27H,8-9H2,1H3,(H2,23,25). The van der Waals surface area contributed by atoms with Gasteiger partial charge in [0.2, 0.25) is 5.91 Å². The highest BCUT2D eigenvalue weighted by molar-refractivity contribution is 6.32. The van der Waals surface area contributed by atoms with E-state index in [1.165, 1.54) is 7.11 Å². The molecular formula is C21H19ClN2O4. The van der Waals surface area contributed by atoms with E-state index < -0.39 is 11.8 Å². The molecule has 0 spiro atoms. The molecule has 0 heterocycles. The van der Waals surface area contributed by atoms with Gasteiger partial charge in [0.1, 0.15) is 5.75 Å². The molecule has 7 heteroatoms. The van der Waals surface area contributed by atoms with Crippen molar-refractivity contribution in [2.45, 2.75) is 6.42 Å². The Morgan fingerprint density at radius 3 is 2.29 bits per heavy atom. The Hall–Kier alpha value is -3.09. The molecule has 2 amide bonds. The fourth-order valence-electron chi connectivity index (χ4n) is 2.88. The monoisotopic (exact) mass is 398 g/mol. The molecule has 0 saturated heterocycles. The summed E-state index contributed by atoms with van der Waals surface area (Å²) in [5, 5.41) is 12.9. The summed E-state index contributed by atoms with van der Waals surface area (Å²) in [5.74, 6) is -0.458. The van der Waals surface area contributed by atoms with Gasteiger partial charge in [0, 0.05) is 11.1 Å². The molecule has 28 heavy (non-hydrogen) atoms. The number of carbonyl (C=O) groups is 2. The van der Waals surface area contributed by atoms with Crippen LogP contribution in [0.4, 0.5) is 0 Å². The molecule has 3 aromatic rings. The summed E-state index contributed by atoms with van der Waals surface area (Å²) in [7, 11) is 1.53. The number of fused-ring (bicyclic) bond motifs is 1. The Morgan fingerprint density at radius 1 is 1.04 bits per heavy atom. The van der Waals surface area contributed by atoms with Gasteiger partial charge < -0.3 is 10.5 Å². The summed E-state index contributed by atoms with van der Waals surface area (Å²) in [6, 6.07) is 15.3. The molecule has 144 valence electrons.